The van der Waals surface area contributed by atoms with Crippen molar-refractivity contribution in [2.75, 3.05) is 40.3 Å². The Morgan fingerprint density at radius 2 is 1.95 bits per heavy atom. The number of ether oxygens (including phenoxy) is 1. The van der Waals surface area contributed by atoms with Crippen LogP contribution in [0, 0.1) is 0 Å². The molecule has 0 aliphatic heterocycles. The molecule has 0 aromatic carbocycles. The van der Waals surface area contributed by atoms with Gasteiger partial charge in [0.2, 0.25) is 0 Å². The van der Waals surface area contributed by atoms with E-state index in [2.05, 4.69) is 15.5 Å². The predicted molar refractivity (Wildman–Crippen MR) is 78.3 cm³/mol. The molecular formula is C13H30N4O2. The number of nitrogens with zero attached hydrogens (tertiary/aromatic N) is 1. The van der Waals surface area contributed by atoms with Crippen LogP contribution >= 0.6 is 0 Å². The van der Waals surface area contributed by atoms with Crippen molar-refractivity contribution < 1.29 is 9.53 Å². The van der Waals surface area contributed by atoms with Crippen molar-refractivity contribution in [2.45, 2.75) is 38.8 Å². The lowest BCUT2D eigenvalue weighted by atomic mass is 10.2. The van der Waals surface area contributed by atoms with Crippen molar-refractivity contribution in [3.63, 3.8) is 0 Å². The minimum absolute atomic E-state index is 0.217. The molecule has 1 atom stereocenters. The number of carbonyl (C=O) groups is 1. The maximum absolute atomic E-state index is 11.4. The molecule has 1 unspecified atom stereocenters. The molecule has 19 heavy (non-hydrogen) atoms. The van der Waals surface area contributed by atoms with E-state index in [9.17, 15) is 4.79 Å². The van der Waals surface area contributed by atoms with Gasteiger partial charge in [-0.1, -0.05) is 0 Å². The van der Waals surface area contributed by atoms with Gasteiger partial charge in [0.15, 0.2) is 0 Å². The summed E-state index contributed by atoms with van der Waals surface area (Å²) >= 11 is 0. The zero-order chi connectivity index (χ0) is 14.9. The Morgan fingerprint density at radius 3 is 2.42 bits per heavy atom. The molecule has 0 aliphatic rings. The Balaban J connectivity index is 3.74. The van der Waals surface area contributed by atoms with Crippen LogP contribution in [0.2, 0.25) is 0 Å². The summed E-state index contributed by atoms with van der Waals surface area (Å²) in [6, 6.07) is 0.217. The van der Waals surface area contributed by atoms with Crippen LogP contribution in [0.1, 0.15) is 27.2 Å². The van der Waals surface area contributed by atoms with Gasteiger partial charge in [-0.15, -0.1) is 0 Å². The van der Waals surface area contributed by atoms with Gasteiger partial charge >= 0.3 is 6.09 Å². The van der Waals surface area contributed by atoms with Crippen LogP contribution in [-0.2, 0) is 4.74 Å². The summed E-state index contributed by atoms with van der Waals surface area (Å²) in [6.07, 6.45) is 0.417. The lowest BCUT2D eigenvalue weighted by Gasteiger charge is -2.21. The first kappa shape index (κ1) is 18.1. The fourth-order valence-electron chi connectivity index (χ4n) is 1.46. The number of nitrogens with one attached hydrogen (secondary N) is 2. The van der Waals surface area contributed by atoms with E-state index in [0.29, 0.717) is 13.1 Å². The van der Waals surface area contributed by atoms with E-state index < -0.39 is 5.60 Å². The highest BCUT2D eigenvalue weighted by molar-refractivity contribution is 5.67. The average Bonchev–Trinajstić information content (AvgIpc) is 2.24. The summed E-state index contributed by atoms with van der Waals surface area (Å²) in [7, 11) is 4.06. The molecule has 0 saturated carbocycles. The number of carbonyl (C=O) groups excluding carboxylic acids is 1. The third-order valence-electron chi connectivity index (χ3n) is 2.44. The number of nitrogens with two attached hydrogens (primary N) is 1. The maximum atomic E-state index is 11.4. The minimum Gasteiger partial charge on any atom is -0.444 e. The smallest absolute Gasteiger partial charge is 0.407 e. The lowest BCUT2D eigenvalue weighted by molar-refractivity contribution is 0.0526. The van der Waals surface area contributed by atoms with Gasteiger partial charge in [-0.05, 0) is 41.3 Å². The van der Waals surface area contributed by atoms with Crippen LogP contribution in [0.15, 0.2) is 0 Å². The van der Waals surface area contributed by atoms with Gasteiger partial charge in [0.25, 0.3) is 0 Å². The Morgan fingerprint density at radius 1 is 1.32 bits per heavy atom. The number of hydrogen-bond donors (Lipinski definition) is 3. The number of rotatable bonds is 8. The second-order valence-corrected chi connectivity index (χ2v) is 5.91. The summed E-state index contributed by atoms with van der Waals surface area (Å²) in [6.45, 7) is 8.51. The zero-order valence-electron chi connectivity index (χ0n) is 13.0. The van der Waals surface area contributed by atoms with Gasteiger partial charge in [-0.25, -0.2) is 4.79 Å². The van der Waals surface area contributed by atoms with Gasteiger partial charge in [-0.2, -0.15) is 0 Å². The first-order valence-electron chi connectivity index (χ1n) is 6.79. The normalized spacial score (nSPS) is 13.4. The van der Waals surface area contributed by atoms with Crippen molar-refractivity contribution in [2.24, 2.45) is 5.73 Å². The van der Waals surface area contributed by atoms with Crippen LogP contribution < -0.4 is 16.4 Å². The number of alkyl carbamates (subject to hydrolysis) is 1. The number of hydrogen-bond acceptors (Lipinski definition) is 5. The second-order valence-electron chi connectivity index (χ2n) is 5.91. The molecule has 0 bridgehead atoms. The highest BCUT2D eigenvalue weighted by Crippen LogP contribution is 2.06. The fourth-order valence-corrected chi connectivity index (χ4v) is 1.46. The number of amides is 1. The summed E-state index contributed by atoms with van der Waals surface area (Å²) in [5.74, 6) is 0. The Hall–Kier alpha value is -0.850. The quantitative estimate of drug-likeness (QED) is 0.596. The molecule has 0 aromatic rings. The predicted octanol–water partition coefficient (Wildman–Crippen LogP) is 0.380. The molecule has 6 heteroatoms. The van der Waals surface area contributed by atoms with Gasteiger partial charge in [0.1, 0.15) is 5.60 Å². The van der Waals surface area contributed by atoms with Crippen molar-refractivity contribution in [3.8, 4) is 0 Å². The van der Waals surface area contributed by atoms with E-state index in [0.717, 1.165) is 19.5 Å². The fraction of sp³-hybridized carbons (Fsp3) is 0.923. The first-order chi connectivity index (χ1) is 8.74. The van der Waals surface area contributed by atoms with Gasteiger partial charge in [-0.3, -0.25) is 0 Å². The van der Waals surface area contributed by atoms with Gasteiger partial charge < -0.3 is 26.0 Å². The zero-order valence-corrected chi connectivity index (χ0v) is 13.0. The number of likely N-dealkylation sites (N-methyl/N-ethyl adjacent to an activating group) is 1. The molecule has 114 valence electrons. The molecule has 0 spiro atoms. The van der Waals surface area contributed by atoms with Crippen LogP contribution in [0.5, 0.6) is 0 Å². The monoisotopic (exact) mass is 274 g/mol. The van der Waals surface area contributed by atoms with E-state index in [1.54, 1.807) is 0 Å². The molecule has 0 saturated heterocycles. The molecule has 1 amide bonds. The average molecular weight is 274 g/mol. The third kappa shape index (κ3) is 11.9. The summed E-state index contributed by atoms with van der Waals surface area (Å²) in [5.41, 5.74) is 5.23. The minimum atomic E-state index is -0.457. The molecule has 0 fully saturated rings. The van der Waals surface area contributed by atoms with E-state index >= 15 is 0 Å². The SMILES string of the molecule is CN(C)CCNC(CN)CCNC(=O)OC(C)(C)C. The lowest BCUT2D eigenvalue weighted by Crippen LogP contribution is -2.42. The highest BCUT2D eigenvalue weighted by Gasteiger charge is 2.16. The van der Waals surface area contributed by atoms with Crippen molar-refractivity contribution in [1.82, 2.24) is 15.5 Å². The molecular weight excluding hydrogens is 244 g/mol. The van der Waals surface area contributed by atoms with E-state index in [-0.39, 0.29) is 12.1 Å². The summed E-state index contributed by atoms with van der Waals surface area (Å²) < 4.78 is 5.16. The largest absolute Gasteiger partial charge is 0.444 e. The molecule has 0 heterocycles. The van der Waals surface area contributed by atoms with Crippen LogP contribution in [0.25, 0.3) is 0 Å². The summed E-state index contributed by atoms with van der Waals surface area (Å²) in [5, 5.41) is 6.10. The van der Waals surface area contributed by atoms with Crippen LogP contribution in [0.4, 0.5) is 4.79 Å². The van der Waals surface area contributed by atoms with Gasteiger partial charge in [0, 0.05) is 32.2 Å². The third-order valence-corrected chi connectivity index (χ3v) is 2.44. The van der Waals surface area contributed by atoms with E-state index in [1.165, 1.54) is 0 Å². The Bertz CT molecular complexity index is 252. The molecule has 0 aromatic heterocycles. The maximum Gasteiger partial charge on any atom is 0.407 e. The van der Waals surface area contributed by atoms with Crippen LogP contribution in [0.3, 0.4) is 0 Å². The molecule has 0 rings (SSSR count). The standard InChI is InChI=1S/C13H30N4O2/c1-13(2,3)19-12(18)16-7-6-11(10-14)15-8-9-17(4)5/h11,15H,6-10,14H2,1-5H3,(H,16,18). The van der Waals surface area contributed by atoms with E-state index in [4.69, 9.17) is 10.5 Å². The van der Waals surface area contributed by atoms with Gasteiger partial charge in [0.05, 0.1) is 0 Å². The van der Waals surface area contributed by atoms with Crippen molar-refractivity contribution in [1.29, 1.82) is 0 Å². The topological polar surface area (TPSA) is 79.6 Å². The highest BCUT2D eigenvalue weighted by atomic mass is 16.6. The first-order valence-corrected chi connectivity index (χ1v) is 6.79. The van der Waals surface area contributed by atoms with Crippen molar-refractivity contribution >= 4 is 6.09 Å². The summed E-state index contributed by atoms with van der Waals surface area (Å²) in [4.78, 5) is 13.6. The Kier molecular flexibility index (Phi) is 8.71. The molecule has 4 N–H and O–H groups in total. The van der Waals surface area contributed by atoms with Crippen molar-refractivity contribution in [3.05, 3.63) is 0 Å². The van der Waals surface area contributed by atoms with E-state index in [1.807, 2.05) is 34.9 Å². The molecule has 0 radical (unpaired) electrons. The Labute approximate surface area is 117 Å². The van der Waals surface area contributed by atoms with Crippen LogP contribution in [-0.4, -0.2) is 62.9 Å². The molecule has 6 nitrogen and oxygen atoms in total. The molecule has 0 aliphatic carbocycles. The second kappa shape index (κ2) is 9.12.